The molecule has 3 nitrogen and oxygen atoms in total. The topological polar surface area (TPSA) is 35.5 Å². The molecule has 0 saturated carbocycles. The van der Waals surface area contributed by atoms with Crippen molar-refractivity contribution in [2.75, 3.05) is 19.4 Å². The van der Waals surface area contributed by atoms with E-state index in [-0.39, 0.29) is 6.04 Å². The van der Waals surface area contributed by atoms with Crippen LogP contribution in [0.25, 0.3) is 0 Å². The lowest BCUT2D eigenvalue weighted by molar-refractivity contribution is 0.402. The summed E-state index contributed by atoms with van der Waals surface area (Å²) in [7, 11) is 4.13. The minimum absolute atomic E-state index is 0.0557. The zero-order valence-corrected chi connectivity index (χ0v) is 13.2. The first-order valence-corrected chi connectivity index (χ1v) is 7.25. The fourth-order valence-corrected chi connectivity index (χ4v) is 2.47. The number of hydrogen-bond acceptors (Lipinski definition) is 3. The van der Waals surface area contributed by atoms with Crippen LogP contribution in [0.4, 0.5) is 5.69 Å². The third kappa shape index (κ3) is 4.23. The summed E-state index contributed by atoms with van der Waals surface area (Å²) in [6.45, 7) is 4.95. The summed E-state index contributed by atoms with van der Waals surface area (Å²) in [5, 5.41) is 13.5. The number of phenols is 1. The first kappa shape index (κ1) is 15.4. The molecule has 0 amide bonds. The van der Waals surface area contributed by atoms with Crippen molar-refractivity contribution >= 4 is 5.69 Å². The molecule has 0 fully saturated rings. The van der Waals surface area contributed by atoms with E-state index in [9.17, 15) is 5.11 Å². The summed E-state index contributed by atoms with van der Waals surface area (Å²) in [6, 6.07) is 14.3. The fraction of sp³-hybridized carbons (Fsp3) is 0.333. The van der Waals surface area contributed by atoms with E-state index in [1.807, 2.05) is 19.1 Å². The third-order valence-electron chi connectivity index (χ3n) is 3.46. The van der Waals surface area contributed by atoms with Gasteiger partial charge in [0.25, 0.3) is 0 Å². The lowest BCUT2D eigenvalue weighted by atomic mass is 10.0. The summed E-state index contributed by atoms with van der Waals surface area (Å²) in [6.07, 6.45) is 0. The Kier molecular flexibility index (Phi) is 4.86. The maximum absolute atomic E-state index is 10.1. The minimum Gasteiger partial charge on any atom is -0.508 e. The smallest absolute Gasteiger partial charge is 0.121 e. The molecule has 2 rings (SSSR count). The van der Waals surface area contributed by atoms with Crippen LogP contribution in [0.1, 0.15) is 29.7 Å². The van der Waals surface area contributed by atoms with Gasteiger partial charge < -0.3 is 15.3 Å². The van der Waals surface area contributed by atoms with Gasteiger partial charge in [0.05, 0.1) is 6.04 Å². The van der Waals surface area contributed by atoms with Crippen molar-refractivity contribution in [3.05, 3.63) is 59.2 Å². The number of aryl methyl sites for hydroxylation is 1. The first-order chi connectivity index (χ1) is 9.95. The first-order valence-electron chi connectivity index (χ1n) is 7.25. The Hall–Kier alpha value is -2.00. The second kappa shape index (κ2) is 6.64. The number of benzene rings is 2. The van der Waals surface area contributed by atoms with Crippen molar-refractivity contribution in [1.82, 2.24) is 4.90 Å². The van der Waals surface area contributed by atoms with Gasteiger partial charge in [-0.15, -0.1) is 0 Å². The summed E-state index contributed by atoms with van der Waals surface area (Å²) < 4.78 is 0. The molecule has 1 atom stereocenters. The van der Waals surface area contributed by atoms with E-state index < -0.39 is 0 Å². The van der Waals surface area contributed by atoms with Crippen LogP contribution in [0.2, 0.25) is 0 Å². The van der Waals surface area contributed by atoms with Crippen LogP contribution < -0.4 is 5.32 Å². The average molecular weight is 284 g/mol. The zero-order valence-electron chi connectivity index (χ0n) is 13.2. The van der Waals surface area contributed by atoms with Gasteiger partial charge in [0.2, 0.25) is 0 Å². The molecule has 1 unspecified atom stereocenters. The van der Waals surface area contributed by atoms with Crippen molar-refractivity contribution in [2.45, 2.75) is 26.4 Å². The van der Waals surface area contributed by atoms with Crippen LogP contribution in [-0.4, -0.2) is 24.1 Å². The molecule has 3 heteroatoms. The Morgan fingerprint density at radius 3 is 2.57 bits per heavy atom. The molecule has 21 heavy (non-hydrogen) atoms. The number of rotatable bonds is 5. The van der Waals surface area contributed by atoms with E-state index in [0.717, 1.165) is 23.4 Å². The molecule has 0 saturated heterocycles. The highest BCUT2D eigenvalue weighted by molar-refractivity contribution is 5.49. The number of phenolic OH excluding ortho intramolecular Hbond substituents is 1. The summed E-state index contributed by atoms with van der Waals surface area (Å²) in [5.74, 6) is 0.347. The molecule has 0 aliphatic heterocycles. The molecule has 112 valence electrons. The van der Waals surface area contributed by atoms with Gasteiger partial charge in [-0.2, -0.15) is 0 Å². The van der Waals surface area contributed by atoms with Gasteiger partial charge >= 0.3 is 0 Å². The highest BCUT2D eigenvalue weighted by Crippen LogP contribution is 2.28. The standard InChI is InChI=1S/C18H24N2O/c1-13-8-9-17(18(21)10-13)14(2)19-16-7-5-6-15(11-16)12-20(3)4/h5-11,14,19,21H,12H2,1-4H3. The number of anilines is 1. The maximum atomic E-state index is 10.1. The van der Waals surface area contributed by atoms with E-state index in [4.69, 9.17) is 0 Å². The molecule has 2 N–H and O–H groups in total. The number of hydrogen-bond donors (Lipinski definition) is 2. The molecule has 0 aliphatic rings. The van der Waals surface area contributed by atoms with E-state index in [1.165, 1.54) is 5.56 Å². The monoisotopic (exact) mass is 284 g/mol. The highest BCUT2D eigenvalue weighted by Gasteiger charge is 2.10. The molecule has 0 bridgehead atoms. The van der Waals surface area contributed by atoms with Gasteiger partial charge in [-0.3, -0.25) is 0 Å². The molecular formula is C18H24N2O. The second-order valence-corrected chi connectivity index (χ2v) is 5.87. The predicted octanol–water partition coefficient (Wildman–Crippen LogP) is 3.94. The van der Waals surface area contributed by atoms with Gasteiger partial charge in [0, 0.05) is 17.8 Å². The van der Waals surface area contributed by atoms with Gasteiger partial charge in [0.1, 0.15) is 5.75 Å². The van der Waals surface area contributed by atoms with Gasteiger partial charge in [-0.25, -0.2) is 0 Å². The van der Waals surface area contributed by atoms with E-state index in [2.05, 4.69) is 55.5 Å². The predicted molar refractivity (Wildman–Crippen MR) is 88.7 cm³/mol. The van der Waals surface area contributed by atoms with Gasteiger partial charge in [-0.1, -0.05) is 24.3 Å². The minimum atomic E-state index is 0.0557. The van der Waals surface area contributed by atoms with E-state index in [1.54, 1.807) is 6.07 Å². The fourth-order valence-electron chi connectivity index (χ4n) is 2.47. The second-order valence-electron chi connectivity index (χ2n) is 5.87. The Labute approximate surface area is 127 Å². The Balaban J connectivity index is 2.13. The van der Waals surface area contributed by atoms with Crippen molar-refractivity contribution in [2.24, 2.45) is 0 Å². The lowest BCUT2D eigenvalue weighted by Gasteiger charge is -2.18. The van der Waals surface area contributed by atoms with Crippen LogP contribution in [0.15, 0.2) is 42.5 Å². The molecule has 0 radical (unpaired) electrons. The summed E-state index contributed by atoms with van der Waals surface area (Å²) in [4.78, 5) is 2.15. The molecular weight excluding hydrogens is 260 g/mol. The Morgan fingerprint density at radius 2 is 1.90 bits per heavy atom. The van der Waals surface area contributed by atoms with Crippen molar-refractivity contribution in [1.29, 1.82) is 0 Å². The summed E-state index contributed by atoms with van der Waals surface area (Å²) in [5.41, 5.74) is 4.32. The van der Waals surface area contributed by atoms with E-state index >= 15 is 0 Å². The number of aromatic hydroxyl groups is 1. The van der Waals surface area contributed by atoms with Crippen molar-refractivity contribution < 1.29 is 5.11 Å². The summed E-state index contributed by atoms with van der Waals surface area (Å²) >= 11 is 0. The van der Waals surface area contributed by atoms with Crippen LogP contribution in [0, 0.1) is 6.92 Å². The quantitative estimate of drug-likeness (QED) is 0.873. The number of nitrogens with zero attached hydrogens (tertiary/aromatic N) is 1. The highest BCUT2D eigenvalue weighted by atomic mass is 16.3. The third-order valence-corrected chi connectivity index (χ3v) is 3.46. The maximum Gasteiger partial charge on any atom is 0.121 e. The van der Waals surface area contributed by atoms with Crippen molar-refractivity contribution in [3.63, 3.8) is 0 Å². The molecule has 0 heterocycles. The number of nitrogens with one attached hydrogen (secondary N) is 1. The van der Waals surface area contributed by atoms with Crippen LogP contribution in [-0.2, 0) is 6.54 Å². The van der Waals surface area contributed by atoms with Crippen LogP contribution in [0.3, 0.4) is 0 Å². The Bertz CT molecular complexity index is 608. The van der Waals surface area contributed by atoms with Crippen molar-refractivity contribution in [3.8, 4) is 5.75 Å². The molecule has 0 spiro atoms. The average Bonchev–Trinajstić information content (AvgIpc) is 2.37. The van der Waals surface area contributed by atoms with Gasteiger partial charge in [-0.05, 0) is 57.3 Å². The van der Waals surface area contributed by atoms with E-state index in [0.29, 0.717) is 5.75 Å². The van der Waals surface area contributed by atoms with Crippen LogP contribution in [0.5, 0.6) is 5.75 Å². The lowest BCUT2D eigenvalue weighted by Crippen LogP contribution is -2.11. The largest absolute Gasteiger partial charge is 0.508 e. The normalized spacial score (nSPS) is 12.4. The SMILES string of the molecule is Cc1ccc(C(C)Nc2cccc(CN(C)C)c2)c(O)c1. The molecule has 2 aromatic rings. The van der Waals surface area contributed by atoms with Crippen LogP contribution >= 0.6 is 0 Å². The zero-order chi connectivity index (χ0) is 15.4. The Morgan fingerprint density at radius 1 is 1.14 bits per heavy atom. The molecule has 0 aliphatic carbocycles. The molecule has 2 aromatic carbocycles. The van der Waals surface area contributed by atoms with Gasteiger partial charge in [0.15, 0.2) is 0 Å². The molecule has 0 aromatic heterocycles.